The van der Waals surface area contributed by atoms with Gasteiger partial charge in [-0.25, -0.2) is 13.4 Å². The summed E-state index contributed by atoms with van der Waals surface area (Å²) in [7, 11) is -3.48. The Morgan fingerprint density at radius 2 is 2.04 bits per heavy atom. The largest absolute Gasteiger partial charge is 0.305 e. The Bertz CT molecular complexity index is 1060. The summed E-state index contributed by atoms with van der Waals surface area (Å²) in [5, 5.41) is 0.622. The van der Waals surface area contributed by atoms with Gasteiger partial charge < -0.3 is 4.40 Å². The van der Waals surface area contributed by atoms with E-state index in [1.165, 1.54) is 0 Å². The van der Waals surface area contributed by atoms with Crippen LogP contribution < -0.4 is 0 Å². The number of nitrogens with zero attached hydrogens (tertiary/aromatic N) is 3. The number of hydrogen-bond donors (Lipinski definition) is 0. The average Bonchev–Trinajstić information content (AvgIpc) is 3.05. The highest BCUT2D eigenvalue weighted by Crippen LogP contribution is 2.27. The third-order valence-electron chi connectivity index (χ3n) is 4.80. The minimum atomic E-state index is -3.48. The van der Waals surface area contributed by atoms with E-state index in [-0.39, 0.29) is 0 Å². The zero-order valence-corrected chi connectivity index (χ0v) is 16.0. The Labute approximate surface area is 158 Å². The fraction of sp³-hybridized carbons (Fsp3) is 0.316. The minimum Gasteiger partial charge on any atom is -0.305 e. The fourth-order valence-electron chi connectivity index (χ4n) is 3.43. The number of sulfonamides is 1. The number of hydrogen-bond acceptors (Lipinski definition) is 3. The van der Waals surface area contributed by atoms with Gasteiger partial charge in [0.05, 0.1) is 15.6 Å². The summed E-state index contributed by atoms with van der Waals surface area (Å²) in [6.07, 6.45) is 5.63. The highest BCUT2D eigenvalue weighted by molar-refractivity contribution is 7.89. The van der Waals surface area contributed by atoms with Crippen LogP contribution in [-0.4, -0.2) is 35.2 Å². The smallest absolute Gasteiger partial charge is 0.243 e. The molecule has 0 bridgehead atoms. The summed E-state index contributed by atoms with van der Waals surface area (Å²) in [4.78, 5) is 4.89. The molecule has 3 aromatic rings. The second-order valence-corrected chi connectivity index (χ2v) is 9.25. The van der Waals surface area contributed by atoms with Gasteiger partial charge in [0.1, 0.15) is 5.65 Å². The van der Waals surface area contributed by atoms with Gasteiger partial charge in [0, 0.05) is 31.0 Å². The van der Waals surface area contributed by atoms with Crippen LogP contribution in [0.2, 0.25) is 5.02 Å². The van der Waals surface area contributed by atoms with E-state index in [1.807, 2.05) is 22.7 Å². The summed E-state index contributed by atoms with van der Waals surface area (Å²) < 4.78 is 29.5. The van der Waals surface area contributed by atoms with Crippen LogP contribution in [0.1, 0.15) is 19.8 Å². The van der Waals surface area contributed by atoms with Crippen molar-refractivity contribution in [2.45, 2.75) is 24.7 Å². The first-order chi connectivity index (χ1) is 12.4. The van der Waals surface area contributed by atoms with Gasteiger partial charge in [0.25, 0.3) is 0 Å². The average molecular weight is 390 g/mol. The van der Waals surface area contributed by atoms with Gasteiger partial charge >= 0.3 is 0 Å². The topological polar surface area (TPSA) is 54.7 Å². The molecule has 1 aromatic carbocycles. The van der Waals surface area contributed by atoms with Gasteiger partial charge in [-0.2, -0.15) is 4.31 Å². The van der Waals surface area contributed by atoms with E-state index < -0.39 is 10.0 Å². The van der Waals surface area contributed by atoms with Crippen molar-refractivity contribution < 1.29 is 8.42 Å². The Morgan fingerprint density at radius 3 is 2.85 bits per heavy atom. The SMILES string of the molecule is C[C@H]1CCCN(S(=O)(=O)c2cccc(-c3cn4cc(Cl)ccc4n3)c2)C1. The van der Waals surface area contributed by atoms with Crippen LogP contribution in [0.25, 0.3) is 16.9 Å². The molecule has 0 saturated carbocycles. The Morgan fingerprint density at radius 1 is 1.19 bits per heavy atom. The highest BCUT2D eigenvalue weighted by Gasteiger charge is 2.28. The van der Waals surface area contributed by atoms with Crippen molar-refractivity contribution in [1.82, 2.24) is 13.7 Å². The van der Waals surface area contributed by atoms with E-state index >= 15 is 0 Å². The van der Waals surface area contributed by atoms with Gasteiger partial charge in [-0.15, -0.1) is 0 Å². The highest BCUT2D eigenvalue weighted by atomic mass is 35.5. The second kappa shape index (κ2) is 6.68. The lowest BCUT2D eigenvalue weighted by Crippen LogP contribution is -2.39. The number of halogens is 1. The molecule has 4 rings (SSSR count). The van der Waals surface area contributed by atoms with Crippen LogP contribution in [0.15, 0.2) is 53.7 Å². The maximum Gasteiger partial charge on any atom is 0.243 e. The molecule has 0 N–H and O–H groups in total. The maximum absolute atomic E-state index is 13.0. The van der Waals surface area contributed by atoms with Crippen molar-refractivity contribution >= 4 is 27.3 Å². The quantitative estimate of drug-likeness (QED) is 0.678. The molecule has 7 heteroatoms. The van der Waals surface area contributed by atoms with E-state index in [9.17, 15) is 8.42 Å². The molecular formula is C19H20ClN3O2S. The summed E-state index contributed by atoms with van der Waals surface area (Å²) in [6, 6.07) is 10.6. The predicted octanol–water partition coefficient (Wildman–Crippen LogP) is 4.08. The lowest BCUT2D eigenvalue weighted by Gasteiger charge is -2.30. The Hall–Kier alpha value is -1.89. The molecule has 2 aromatic heterocycles. The van der Waals surface area contributed by atoms with Crippen LogP contribution >= 0.6 is 11.6 Å². The van der Waals surface area contributed by atoms with E-state index in [0.717, 1.165) is 29.7 Å². The number of fused-ring (bicyclic) bond motifs is 1. The van der Waals surface area contributed by atoms with Crippen LogP contribution in [0, 0.1) is 5.92 Å². The number of benzene rings is 1. The lowest BCUT2D eigenvalue weighted by atomic mass is 10.0. The molecule has 1 saturated heterocycles. The molecule has 5 nitrogen and oxygen atoms in total. The van der Waals surface area contributed by atoms with Gasteiger partial charge in [0.15, 0.2) is 0 Å². The molecule has 1 aliphatic heterocycles. The third kappa shape index (κ3) is 3.24. The number of imidazole rings is 1. The zero-order chi connectivity index (χ0) is 18.3. The molecule has 1 fully saturated rings. The fourth-order valence-corrected chi connectivity index (χ4v) is 5.25. The maximum atomic E-state index is 13.0. The van der Waals surface area contributed by atoms with Crippen molar-refractivity contribution in [3.8, 4) is 11.3 Å². The molecule has 1 atom stereocenters. The van der Waals surface area contributed by atoms with E-state index in [1.54, 1.807) is 34.8 Å². The number of aromatic nitrogens is 2. The van der Waals surface area contributed by atoms with Gasteiger partial charge in [-0.05, 0) is 43.0 Å². The molecule has 3 heterocycles. The number of piperidine rings is 1. The van der Waals surface area contributed by atoms with Crippen LogP contribution in [-0.2, 0) is 10.0 Å². The normalized spacial score (nSPS) is 19.1. The summed E-state index contributed by atoms with van der Waals surface area (Å²) >= 11 is 6.02. The van der Waals surface area contributed by atoms with Crippen molar-refractivity contribution in [1.29, 1.82) is 0 Å². The van der Waals surface area contributed by atoms with Gasteiger partial charge in [0.2, 0.25) is 10.0 Å². The summed E-state index contributed by atoms with van der Waals surface area (Å²) in [6.45, 7) is 3.27. The number of pyridine rings is 1. The van der Waals surface area contributed by atoms with Crippen molar-refractivity contribution in [2.24, 2.45) is 5.92 Å². The van der Waals surface area contributed by atoms with Gasteiger partial charge in [-0.3, -0.25) is 0 Å². The van der Waals surface area contributed by atoms with E-state index in [4.69, 9.17) is 11.6 Å². The molecule has 0 unspecified atom stereocenters. The second-order valence-electron chi connectivity index (χ2n) is 6.88. The molecule has 0 amide bonds. The van der Waals surface area contributed by atoms with E-state index in [0.29, 0.717) is 28.9 Å². The Kier molecular flexibility index (Phi) is 4.50. The number of rotatable bonds is 3. The standard InChI is InChI=1S/C19H20ClN3O2S/c1-14-4-3-9-23(11-14)26(24,25)17-6-2-5-15(10-17)18-13-22-12-16(20)7-8-19(22)21-18/h2,5-8,10,12-14H,3-4,9,11H2,1H3/t14-/m0/s1. The predicted molar refractivity (Wildman–Crippen MR) is 103 cm³/mol. The molecule has 0 radical (unpaired) electrons. The monoisotopic (exact) mass is 389 g/mol. The zero-order valence-electron chi connectivity index (χ0n) is 14.5. The molecule has 0 aliphatic carbocycles. The first kappa shape index (κ1) is 17.5. The summed E-state index contributed by atoms with van der Waals surface area (Å²) in [5.41, 5.74) is 2.26. The molecule has 0 spiro atoms. The minimum absolute atomic E-state index is 0.319. The molecule has 26 heavy (non-hydrogen) atoms. The van der Waals surface area contributed by atoms with Crippen LogP contribution in [0.4, 0.5) is 0 Å². The Balaban J connectivity index is 1.71. The van der Waals surface area contributed by atoms with Crippen molar-refractivity contribution in [3.63, 3.8) is 0 Å². The first-order valence-corrected chi connectivity index (χ1v) is 10.5. The van der Waals surface area contributed by atoms with E-state index in [2.05, 4.69) is 11.9 Å². The first-order valence-electron chi connectivity index (χ1n) is 8.68. The molecule has 1 aliphatic rings. The van der Waals surface area contributed by atoms with Crippen molar-refractivity contribution in [2.75, 3.05) is 13.1 Å². The van der Waals surface area contributed by atoms with Crippen LogP contribution in [0.5, 0.6) is 0 Å². The third-order valence-corrected chi connectivity index (χ3v) is 6.89. The summed E-state index contributed by atoms with van der Waals surface area (Å²) in [5.74, 6) is 0.393. The molecule has 136 valence electrons. The molecular weight excluding hydrogens is 370 g/mol. The van der Waals surface area contributed by atoms with Crippen molar-refractivity contribution in [3.05, 3.63) is 53.8 Å². The lowest BCUT2D eigenvalue weighted by molar-refractivity contribution is 0.281. The van der Waals surface area contributed by atoms with Crippen LogP contribution in [0.3, 0.4) is 0 Å². The van der Waals surface area contributed by atoms with Gasteiger partial charge in [-0.1, -0.05) is 30.7 Å².